The molecule has 0 saturated carbocycles. The number of thiocarbonyl (C=S) groups is 2. The second-order valence-corrected chi connectivity index (χ2v) is 36.5. The molecule has 0 fully saturated rings. The normalized spacial score (nSPS) is 14.6. The van der Waals surface area contributed by atoms with Gasteiger partial charge in [0.1, 0.15) is 27.4 Å². The predicted octanol–water partition coefficient (Wildman–Crippen LogP) is 28.1. The molecule has 0 N–H and O–H groups in total. The van der Waals surface area contributed by atoms with E-state index in [1.165, 1.54) is 78.3 Å². The van der Waals surface area contributed by atoms with Crippen LogP contribution < -0.4 is 0 Å². The van der Waals surface area contributed by atoms with E-state index in [0.29, 0.717) is 66.6 Å². The Balaban J connectivity index is 0.957. The Labute approximate surface area is 613 Å². The summed E-state index contributed by atoms with van der Waals surface area (Å²) in [5.74, 6) is -0.229. The first-order chi connectivity index (χ1) is 46.4. The smallest absolute Gasteiger partial charge is 0.263 e. The largest absolute Gasteiger partial charge is 0.322 e. The summed E-state index contributed by atoms with van der Waals surface area (Å²) in [6.45, 7) is 22.9. The Kier molecular flexibility index (Phi) is 23.1. The van der Waals surface area contributed by atoms with E-state index >= 15 is 13.2 Å². The number of thiophene rings is 8. The molecule has 0 radical (unpaired) electrons. The van der Waals surface area contributed by atoms with Crippen LogP contribution >= 0.6 is 127 Å². The number of imide groups is 1. The van der Waals surface area contributed by atoms with Crippen LogP contribution in [0.25, 0.3) is 91.2 Å². The molecule has 4 nitrogen and oxygen atoms in total. The molecule has 0 aliphatic carbocycles. The lowest BCUT2D eigenvalue weighted by Crippen LogP contribution is -2.34. The van der Waals surface area contributed by atoms with Crippen LogP contribution in [-0.4, -0.2) is 44.7 Å². The number of fused-ring (bicyclic) bond motifs is 4. The summed E-state index contributed by atoms with van der Waals surface area (Å²) in [6, 6.07) is 18.8. The molecular formula is C78H84ClF3N2O2S10. The average Bonchev–Trinajstić information content (AvgIpc) is 1.52. The Morgan fingerprint density at radius 3 is 1.42 bits per heavy atom. The zero-order valence-electron chi connectivity index (χ0n) is 56.5. The van der Waals surface area contributed by atoms with Gasteiger partial charge in [0, 0.05) is 120 Å². The van der Waals surface area contributed by atoms with E-state index in [-0.39, 0.29) is 34.7 Å². The Morgan fingerprint density at radius 2 is 0.875 bits per heavy atom. The summed E-state index contributed by atoms with van der Waals surface area (Å²) in [7, 11) is 0. The highest BCUT2D eigenvalue weighted by Crippen LogP contribution is 2.58. The zero-order valence-corrected chi connectivity index (χ0v) is 65.5. The molecule has 10 aromatic rings. The van der Waals surface area contributed by atoms with Gasteiger partial charge in [-0.15, -0.1) is 90.7 Å². The van der Waals surface area contributed by atoms with Gasteiger partial charge in [0.2, 0.25) is 0 Å². The highest BCUT2D eigenvalue weighted by molar-refractivity contribution is 7.83. The summed E-state index contributed by atoms with van der Waals surface area (Å²) < 4.78 is 52.9. The molecule has 2 aliphatic rings. The monoisotopic (exact) mass is 1490 g/mol. The Hall–Kier alpha value is -4.24. The van der Waals surface area contributed by atoms with Crippen LogP contribution in [0, 0.1) is 55.0 Å². The van der Waals surface area contributed by atoms with Crippen LogP contribution in [0.2, 0.25) is 5.02 Å². The number of rotatable bonds is 31. The Morgan fingerprint density at radius 1 is 0.427 bits per heavy atom. The molecule has 4 unspecified atom stereocenters. The first-order valence-corrected chi connectivity index (χ1v) is 42.4. The van der Waals surface area contributed by atoms with Crippen molar-refractivity contribution in [1.82, 2.24) is 9.80 Å². The minimum atomic E-state index is -0.567. The lowest BCUT2D eigenvalue weighted by Gasteiger charge is -2.25. The van der Waals surface area contributed by atoms with E-state index in [1.54, 1.807) is 57.5 Å². The standard InChI is InChI=1S/C78H84ClF3N2O2S10/c1-11-19-23-43(15-5)32-59-51(79)37-61(93-59)66-50-36-63(95-71(50)65(49-31-41(9)89-70(49)66)62-38-54(82)60(94-62)33-44(16-6)24-20-12-2)74-69-68(77(87)84(78(69)88)40-46(18-8)26-22-14-4)73(96-74)58-30-28-56(92-58)48-35-52(80)47(34-53(48)81)55-27-29-57(91-55)72-67-64(42(10)90-72)75(85)83(76(67)86)39-45(17-7)25-21-13-3/h27-31,34-38,43-46H,11-26,32-33,39-40H2,1-10H3. The highest BCUT2D eigenvalue weighted by atomic mass is 35.5. The van der Waals surface area contributed by atoms with E-state index in [0.717, 1.165) is 189 Å². The van der Waals surface area contributed by atoms with E-state index in [2.05, 4.69) is 85.4 Å². The van der Waals surface area contributed by atoms with Crippen molar-refractivity contribution in [2.24, 2.45) is 23.7 Å². The predicted molar refractivity (Wildman–Crippen MR) is 423 cm³/mol. The van der Waals surface area contributed by atoms with Crippen LogP contribution in [0.1, 0.15) is 209 Å². The topological polar surface area (TPSA) is 40.6 Å². The van der Waals surface area contributed by atoms with Crippen molar-refractivity contribution < 1.29 is 22.8 Å². The zero-order chi connectivity index (χ0) is 68.0. The van der Waals surface area contributed by atoms with Crippen molar-refractivity contribution in [3.63, 3.8) is 0 Å². The minimum Gasteiger partial charge on any atom is -0.322 e. The van der Waals surface area contributed by atoms with Gasteiger partial charge in [0.05, 0.1) is 30.8 Å². The first kappa shape index (κ1) is 71.6. The van der Waals surface area contributed by atoms with Crippen molar-refractivity contribution in [2.75, 3.05) is 13.1 Å². The van der Waals surface area contributed by atoms with Crippen molar-refractivity contribution >= 4 is 169 Å². The van der Waals surface area contributed by atoms with Gasteiger partial charge in [-0.05, 0) is 124 Å². The van der Waals surface area contributed by atoms with Crippen molar-refractivity contribution in [3.8, 4) is 71.0 Å². The summed E-state index contributed by atoms with van der Waals surface area (Å²) in [6.07, 6.45) is 18.8. The second kappa shape index (κ2) is 30.9. The molecule has 10 heterocycles. The lowest BCUT2D eigenvalue weighted by atomic mass is 9.95. The van der Waals surface area contributed by atoms with Gasteiger partial charge >= 0.3 is 0 Å². The van der Waals surface area contributed by atoms with E-state index < -0.39 is 11.6 Å². The molecule has 0 spiro atoms. The molecule has 96 heavy (non-hydrogen) atoms. The molecule has 8 aromatic heterocycles. The maximum absolute atomic E-state index is 17.0. The van der Waals surface area contributed by atoms with Crippen molar-refractivity contribution in [2.45, 2.75) is 185 Å². The SMILES string of the molecule is CCCCC(CC)Cc1sc(-c2c3cc(C)sc3c(-c3cc(Cl)c(CC(CC)CCCC)s3)c3cc(-c4sc(-c5ccc(-c6cc(F)c(-c7ccc(-c8sc(C)c9c8C(=O)N(CC(CC)CCCC)C9=O)s7)cc6F)s5)c5c4C(=S)N(CC(CC)CCCC)C5=S)sc23)cc1F. The van der Waals surface area contributed by atoms with Crippen LogP contribution in [0.3, 0.4) is 0 Å². The molecule has 18 heteroatoms. The van der Waals surface area contributed by atoms with E-state index in [9.17, 15) is 9.59 Å². The molecule has 0 bridgehead atoms. The minimum absolute atomic E-state index is 0.126. The third-order valence-electron chi connectivity index (χ3n) is 19.9. The number of unbranched alkanes of at least 4 members (excludes halogenated alkanes) is 4. The molecular weight excluding hydrogens is 1410 g/mol. The van der Waals surface area contributed by atoms with Gasteiger partial charge in [-0.25, -0.2) is 13.2 Å². The molecule has 2 aromatic carbocycles. The quantitative estimate of drug-likeness (QED) is 0.0320. The summed E-state index contributed by atoms with van der Waals surface area (Å²) in [4.78, 5) is 45.4. The summed E-state index contributed by atoms with van der Waals surface area (Å²) in [5.41, 5.74) is 5.21. The third kappa shape index (κ3) is 13.9. The van der Waals surface area contributed by atoms with Gasteiger partial charge in [0.25, 0.3) is 11.8 Å². The molecule has 506 valence electrons. The van der Waals surface area contributed by atoms with E-state index in [1.807, 2.05) is 36.5 Å². The molecule has 2 aliphatic heterocycles. The number of benzene rings is 2. The maximum atomic E-state index is 17.0. The number of carbonyl (C=O) groups excluding carboxylic acids is 2. The van der Waals surface area contributed by atoms with Gasteiger partial charge in [-0.1, -0.05) is 181 Å². The summed E-state index contributed by atoms with van der Waals surface area (Å²) in [5, 5.41) is 3.03. The average molecular weight is 1490 g/mol. The van der Waals surface area contributed by atoms with Gasteiger partial charge in [-0.2, -0.15) is 0 Å². The lowest BCUT2D eigenvalue weighted by molar-refractivity contribution is 0.0624. The number of hydrogen-bond donors (Lipinski definition) is 0. The van der Waals surface area contributed by atoms with E-state index in [4.69, 9.17) is 36.0 Å². The second-order valence-electron chi connectivity index (χ2n) is 26.4. The van der Waals surface area contributed by atoms with Crippen molar-refractivity contribution in [1.29, 1.82) is 0 Å². The highest BCUT2D eigenvalue weighted by Gasteiger charge is 2.43. The fraction of sp³-hybridized carbons (Fsp3) is 0.436. The first-order valence-electron chi connectivity index (χ1n) is 34.7. The fourth-order valence-electron chi connectivity index (χ4n) is 14.1. The van der Waals surface area contributed by atoms with Crippen molar-refractivity contribution in [3.05, 3.63) is 125 Å². The van der Waals surface area contributed by atoms with Gasteiger partial charge in [-0.3, -0.25) is 14.5 Å². The van der Waals surface area contributed by atoms with Crippen LogP contribution in [0.5, 0.6) is 0 Å². The van der Waals surface area contributed by atoms with Gasteiger partial charge < -0.3 is 4.90 Å². The molecule has 2 amide bonds. The van der Waals surface area contributed by atoms with Gasteiger partial charge in [0.15, 0.2) is 0 Å². The Bertz CT molecular complexity index is 4440. The third-order valence-corrected chi connectivity index (χ3v) is 30.8. The fourth-order valence-corrected chi connectivity index (χ4v) is 25.2. The number of hydrogen-bond acceptors (Lipinski definition) is 12. The number of halogens is 4. The van der Waals surface area contributed by atoms with Crippen LogP contribution in [0.15, 0.2) is 60.7 Å². The van der Waals surface area contributed by atoms with Crippen LogP contribution in [0.4, 0.5) is 13.2 Å². The molecule has 0 saturated heterocycles. The number of amides is 2. The molecule has 4 atom stereocenters. The number of nitrogens with zero attached hydrogens (tertiary/aromatic N) is 2. The van der Waals surface area contributed by atoms with Crippen LogP contribution in [-0.2, 0) is 12.8 Å². The molecule has 12 rings (SSSR count). The maximum Gasteiger partial charge on any atom is 0.263 e. The summed E-state index contributed by atoms with van der Waals surface area (Å²) >= 11 is 33.4. The number of carbonyl (C=O) groups is 2. The number of aryl methyl sites for hydroxylation is 2.